The second-order valence-corrected chi connectivity index (χ2v) is 8.08. The largest absolute Gasteiger partial charge is 0.481 e. The summed E-state index contributed by atoms with van der Waals surface area (Å²) in [5.41, 5.74) is 1.11. The van der Waals surface area contributed by atoms with Crippen LogP contribution in [0.25, 0.3) is 0 Å². The summed E-state index contributed by atoms with van der Waals surface area (Å²) in [6.07, 6.45) is 7.76. The van der Waals surface area contributed by atoms with Gasteiger partial charge in [-0.2, -0.15) is 0 Å². The molecule has 6 nitrogen and oxygen atoms in total. The number of amides is 2. The molecule has 0 radical (unpaired) electrons. The summed E-state index contributed by atoms with van der Waals surface area (Å²) in [5, 5.41) is 12.1. The van der Waals surface area contributed by atoms with Crippen LogP contribution in [0.3, 0.4) is 0 Å². The molecular weight excluding hydrogens is 354 g/mol. The van der Waals surface area contributed by atoms with Crippen molar-refractivity contribution in [3.63, 3.8) is 0 Å². The third-order valence-electron chi connectivity index (χ3n) is 6.05. The summed E-state index contributed by atoms with van der Waals surface area (Å²) in [5.74, 6) is -0.826. The third-order valence-corrected chi connectivity index (χ3v) is 6.05. The van der Waals surface area contributed by atoms with Crippen LogP contribution in [0.4, 0.5) is 4.79 Å². The van der Waals surface area contributed by atoms with Crippen LogP contribution in [-0.2, 0) is 11.2 Å². The van der Waals surface area contributed by atoms with Crippen molar-refractivity contribution in [2.45, 2.75) is 63.5 Å². The van der Waals surface area contributed by atoms with Crippen molar-refractivity contribution in [2.75, 3.05) is 26.2 Å². The van der Waals surface area contributed by atoms with Gasteiger partial charge in [-0.15, -0.1) is 0 Å². The number of benzene rings is 1. The summed E-state index contributed by atoms with van der Waals surface area (Å²) >= 11 is 0. The van der Waals surface area contributed by atoms with Crippen molar-refractivity contribution in [2.24, 2.45) is 0 Å². The highest BCUT2D eigenvalue weighted by Gasteiger charge is 2.28. The standard InChI is InChI=1S/C22H33N3O3/c26-21(27)12-11-19(17-18-7-3-1-4-8-18)23-22(28)25-15-13-24(14-16-25)20-9-5-2-6-10-20/h1,3-4,7-8,19-20H,2,5-6,9-17H2,(H,23,28)(H,26,27). The number of carboxylic acid groups (broad SMARTS) is 1. The van der Waals surface area contributed by atoms with Crippen molar-refractivity contribution in [1.29, 1.82) is 0 Å². The van der Waals surface area contributed by atoms with E-state index in [0.717, 1.165) is 31.7 Å². The van der Waals surface area contributed by atoms with E-state index in [-0.39, 0.29) is 18.5 Å². The molecule has 1 saturated heterocycles. The molecule has 0 spiro atoms. The molecule has 154 valence electrons. The monoisotopic (exact) mass is 387 g/mol. The quantitative estimate of drug-likeness (QED) is 0.754. The van der Waals surface area contributed by atoms with E-state index in [2.05, 4.69) is 10.2 Å². The number of nitrogens with one attached hydrogen (secondary N) is 1. The Morgan fingerprint density at radius 2 is 1.71 bits per heavy atom. The summed E-state index contributed by atoms with van der Waals surface area (Å²) in [6.45, 7) is 3.38. The molecule has 0 bridgehead atoms. The fraction of sp³-hybridized carbons (Fsp3) is 0.636. The van der Waals surface area contributed by atoms with Gasteiger partial charge in [-0.1, -0.05) is 49.6 Å². The summed E-state index contributed by atoms with van der Waals surface area (Å²) in [7, 11) is 0. The van der Waals surface area contributed by atoms with Crippen LogP contribution in [0.2, 0.25) is 0 Å². The molecule has 1 atom stereocenters. The van der Waals surface area contributed by atoms with Gasteiger partial charge in [0, 0.05) is 44.7 Å². The van der Waals surface area contributed by atoms with E-state index >= 15 is 0 Å². The van der Waals surface area contributed by atoms with Crippen LogP contribution in [0.15, 0.2) is 30.3 Å². The maximum Gasteiger partial charge on any atom is 0.317 e. The van der Waals surface area contributed by atoms with E-state index in [1.807, 2.05) is 35.2 Å². The Kier molecular flexibility index (Phi) is 7.71. The van der Waals surface area contributed by atoms with Gasteiger partial charge in [0.05, 0.1) is 0 Å². The number of piperazine rings is 1. The number of hydrogen-bond donors (Lipinski definition) is 2. The van der Waals surface area contributed by atoms with Crippen LogP contribution in [0.5, 0.6) is 0 Å². The maximum absolute atomic E-state index is 12.8. The normalized spacial score (nSPS) is 19.9. The lowest BCUT2D eigenvalue weighted by molar-refractivity contribution is -0.137. The molecule has 2 amide bonds. The van der Waals surface area contributed by atoms with Gasteiger partial charge in [-0.25, -0.2) is 4.79 Å². The predicted octanol–water partition coefficient (Wildman–Crippen LogP) is 3.12. The lowest BCUT2D eigenvalue weighted by atomic mass is 9.94. The predicted molar refractivity (Wildman–Crippen MR) is 109 cm³/mol. The molecule has 2 N–H and O–H groups in total. The number of carbonyl (C=O) groups is 2. The van der Waals surface area contributed by atoms with Gasteiger partial charge in [0.25, 0.3) is 0 Å². The second-order valence-electron chi connectivity index (χ2n) is 8.08. The highest BCUT2D eigenvalue weighted by Crippen LogP contribution is 2.23. The van der Waals surface area contributed by atoms with Crippen molar-refractivity contribution >= 4 is 12.0 Å². The minimum Gasteiger partial charge on any atom is -0.481 e. The molecular formula is C22H33N3O3. The van der Waals surface area contributed by atoms with Gasteiger partial charge in [-0.3, -0.25) is 9.69 Å². The van der Waals surface area contributed by atoms with E-state index in [9.17, 15) is 9.59 Å². The van der Waals surface area contributed by atoms with Crippen LogP contribution in [-0.4, -0.2) is 65.2 Å². The Labute approximate surface area is 167 Å². The molecule has 6 heteroatoms. The number of urea groups is 1. The molecule has 28 heavy (non-hydrogen) atoms. The Balaban J connectivity index is 1.50. The highest BCUT2D eigenvalue weighted by atomic mass is 16.4. The average Bonchev–Trinajstić information content (AvgIpc) is 2.73. The maximum atomic E-state index is 12.8. The SMILES string of the molecule is O=C(O)CCC(Cc1ccccc1)NC(=O)N1CCN(C2CCCCC2)CC1. The minimum atomic E-state index is -0.826. The number of carboxylic acids is 1. The lowest BCUT2D eigenvalue weighted by Crippen LogP contribution is -2.55. The van der Waals surface area contributed by atoms with E-state index in [1.165, 1.54) is 32.1 Å². The van der Waals surface area contributed by atoms with Crippen LogP contribution >= 0.6 is 0 Å². The molecule has 1 aromatic rings. The van der Waals surface area contributed by atoms with Crippen LogP contribution < -0.4 is 5.32 Å². The van der Waals surface area contributed by atoms with E-state index in [0.29, 0.717) is 18.9 Å². The first kappa shape index (κ1) is 20.6. The molecule has 2 aliphatic rings. The Morgan fingerprint density at radius 1 is 1.04 bits per heavy atom. The molecule has 1 aliphatic carbocycles. The Morgan fingerprint density at radius 3 is 2.36 bits per heavy atom. The van der Waals surface area contributed by atoms with Crippen molar-refractivity contribution < 1.29 is 14.7 Å². The summed E-state index contributed by atoms with van der Waals surface area (Å²) in [4.78, 5) is 28.2. The molecule has 2 fully saturated rings. The van der Waals surface area contributed by atoms with Gasteiger partial charge in [0.15, 0.2) is 0 Å². The zero-order chi connectivity index (χ0) is 19.8. The fourth-order valence-electron chi connectivity index (χ4n) is 4.42. The number of carbonyl (C=O) groups excluding carboxylic acids is 1. The van der Waals surface area contributed by atoms with Gasteiger partial charge in [0.2, 0.25) is 0 Å². The summed E-state index contributed by atoms with van der Waals surface area (Å²) in [6, 6.07) is 10.4. The smallest absolute Gasteiger partial charge is 0.317 e. The van der Waals surface area contributed by atoms with Crippen LogP contribution in [0.1, 0.15) is 50.5 Å². The van der Waals surface area contributed by atoms with E-state index < -0.39 is 5.97 Å². The molecule has 0 aromatic heterocycles. The van der Waals surface area contributed by atoms with Gasteiger partial charge < -0.3 is 15.3 Å². The highest BCUT2D eigenvalue weighted by molar-refractivity contribution is 5.75. The Hall–Kier alpha value is -2.08. The lowest BCUT2D eigenvalue weighted by Gasteiger charge is -2.41. The molecule has 1 heterocycles. The molecule has 1 unspecified atom stereocenters. The van der Waals surface area contributed by atoms with E-state index in [1.54, 1.807) is 0 Å². The number of nitrogens with zero attached hydrogens (tertiary/aromatic N) is 2. The zero-order valence-electron chi connectivity index (χ0n) is 16.7. The second kappa shape index (κ2) is 10.5. The molecule has 1 aromatic carbocycles. The molecule has 1 aliphatic heterocycles. The molecule has 1 saturated carbocycles. The van der Waals surface area contributed by atoms with Gasteiger partial charge in [-0.05, 0) is 31.2 Å². The van der Waals surface area contributed by atoms with Gasteiger partial charge in [0.1, 0.15) is 0 Å². The van der Waals surface area contributed by atoms with Crippen molar-refractivity contribution in [3.05, 3.63) is 35.9 Å². The first-order valence-electron chi connectivity index (χ1n) is 10.7. The van der Waals surface area contributed by atoms with Gasteiger partial charge >= 0.3 is 12.0 Å². The average molecular weight is 388 g/mol. The number of aliphatic carboxylic acids is 1. The topological polar surface area (TPSA) is 72.9 Å². The molecule has 3 rings (SSSR count). The van der Waals surface area contributed by atoms with Crippen molar-refractivity contribution in [1.82, 2.24) is 15.1 Å². The van der Waals surface area contributed by atoms with E-state index in [4.69, 9.17) is 5.11 Å². The minimum absolute atomic E-state index is 0.0605. The van der Waals surface area contributed by atoms with Crippen molar-refractivity contribution in [3.8, 4) is 0 Å². The summed E-state index contributed by atoms with van der Waals surface area (Å²) < 4.78 is 0. The van der Waals surface area contributed by atoms with Crippen LogP contribution in [0, 0.1) is 0 Å². The first-order chi connectivity index (χ1) is 13.6. The third kappa shape index (κ3) is 6.23. The number of rotatable bonds is 7. The fourth-order valence-corrected chi connectivity index (χ4v) is 4.42. The first-order valence-corrected chi connectivity index (χ1v) is 10.7. The zero-order valence-corrected chi connectivity index (χ0v) is 16.7. The number of hydrogen-bond acceptors (Lipinski definition) is 3. The Bertz CT molecular complexity index is 623.